The second-order valence-corrected chi connectivity index (χ2v) is 7.67. The quantitative estimate of drug-likeness (QED) is 0.286. The van der Waals surface area contributed by atoms with Crippen molar-refractivity contribution in [3.05, 3.63) is 101 Å². The van der Waals surface area contributed by atoms with E-state index in [0.717, 1.165) is 26.3 Å². The predicted molar refractivity (Wildman–Crippen MR) is 120 cm³/mol. The lowest BCUT2D eigenvalue weighted by Crippen LogP contribution is -2.19. The number of rotatable bonds is 5. The zero-order valence-corrected chi connectivity index (χ0v) is 16.6. The molecule has 7 heteroatoms. The molecule has 0 radical (unpaired) electrons. The molecular weight excluding hydrogens is 398 g/mol. The second-order valence-electron chi connectivity index (χ2n) is 6.52. The molecule has 0 aromatic heterocycles. The van der Waals surface area contributed by atoms with Crippen LogP contribution in [0.2, 0.25) is 0 Å². The number of non-ortho nitro benzene ring substituents is 1. The number of nitrogens with one attached hydrogen (secondary N) is 2. The number of anilines is 2. The molecule has 148 valence electrons. The van der Waals surface area contributed by atoms with Gasteiger partial charge in [0, 0.05) is 33.3 Å². The van der Waals surface area contributed by atoms with Gasteiger partial charge in [0.1, 0.15) is 0 Å². The summed E-state index contributed by atoms with van der Waals surface area (Å²) in [6.07, 6.45) is 0. The van der Waals surface area contributed by atoms with Crippen molar-refractivity contribution >= 4 is 45.6 Å². The Kier molecular flexibility index (Phi) is 5.63. The standard InChI is InChI=1S/C23H17N3O3S/c27-23(25-19-6-5-16-3-1-2-4-17(16)15-19)24-18-7-11-21(12-8-18)30-22-13-9-20(10-14-22)26(28)29/h1-15H,(H2,24,25,27). The maximum atomic E-state index is 12.3. The van der Waals surface area contributed by atoms with E-state index in [1.165, 1.54) is 23.9 Å². The van der Waals surface area contributed by atoms with Crippen LogP contribution in [-0.4, -0.2) is 11.0 Å². The molecule has 0 saturated carbocycles. The number of hydrogen-bond donors (Lipinski definition) is 2. The van der Waals surface area contributed by atoms with E-state index in [0.29, 0.717) is 5.69 Å². The highest BCUT2D eigenvalue weighted by Gasteiger charge is 2.06. The molecule has 6 nitrogen and oxygen atoms in total. The third-order valence-electron chi connectivity index (χ3n) is 4.40. The van der Waals surface area contributed by atoms with Gasteiger partial charge in [0.25, 0.3) is 5.69 Å². The summed E-state index contributed by atoms with van der Waals surface area (Å²) in [4.78, 5) is 24.5. The maximum Gasteiger partial charge on any atom is 0.323 e. The van der Waals surface area contributed by atoms with E-state index in [2.05, 4.69) is 10.6 Å². The smallest absolute Gasteiger partial charge is 0.308 e. The summed E-state index contributed by atoms with van der Waals surface area (Å²) >= 11 is 1.49. The van der Waals surface area contributed by atoms with Gasteiger partial charge in [-0.15, -0.1) is 0 Å². The van der Waals surface area contributed by atoms with Crippen molar-refractivity contribution in [3.8, 4) is 0 Å². The van der Waals surface area contributed by atoms with Crippen molar-refractivity contribution in [2.75, 3.05) is 10.6 Å². The van der Waals surface area contributed by atoms with Gasteiger partial charge in [-0.1, -0.05) is 42.1 Å². The average molecular weight is 415 g/mol. The summed E-state index contributed by atoms with van der Waals surface area (Å²) in [7, 11) is 0. The van der Waals surface area contributed by atoms with Crippen molar-refractivity contribution in [2.24, 2.45) is 0 Å². The molecule has 4 aromatic carbocycles. The molecule has 0 fully saturated rings. The Morgan fingerprint density at radius 1 is 0.733 bits per heavy atom. The van der Waals surface area contributed by atoms with Crippen molar-refractivity contribution in [1.29, 1.82) is 0 Å². The highest BCUT2D eigenvalue weighted by Crippen LogP contribution is 2.29. The van der Waals surface area contributed by atoms with E-state index in [-0.39, 0.29) is 11.7 Å². The average Bonchev–Trinajstić information content (AvgIpc) is 2.75. The lowest BCUT2D eigenvalue weighted by Gasteiger charge is -2.09. The van der Waals surface area contributed by atoms with Gasteiger partial charge in [-0.25, -0.2) is 4.79 Å². The first-order valence-corrected chi connectivity index (χ1v) is 9.98. The van der Waals surface area contributed by atoms with Gasteiger partial charge in [-0.2, -0.15) is 0 Å². The molecule has 0 aliphatic heterocycles. The van der Waals surface area contributed by atoms with E-state index < -0.39 is 4.92 Å². The fourth-order valence-corrected chi connectivity index (χ4v) is 3.76. The molecule has 0 saturated heterocycles. The van der Waals surface area contributed by atoms with Gasteiger partial charge in [-0.05, 0) is 59.3 Å². The third kappa shape index (κ3) is 4.76. The number of fused-ring (bicyclic) bond motifs is 1. The Hall–Kier alpha value is -3.84. The number of carbonyl (C=O) groups is 1. The molecule has 0 unspecified atom stereocenters. The molecular formula is C23H17N3O3S. The lowest BCUT2D eigenvalue weighted by molar-refractivity contribution is -0.384. The van der Waals surface area contributed by atoms with Crippen molar-refractivity contribution in [2.45, 2.75) is 9.79 Å². The van der Waals surface area contributed by atoms with Crippen LogP contribution in [0.5, 0.6) is 0 Å². The second kappa shape index (κ2) is 8.67. The Morgan fingerprint density at radius 2 is 1.30 bits per heavy atom. The van der Waals surface area contributed by atoms with E-state index in [1.54, 1.807) is 12.1 Å². The van der Waals surface area contributed by atoms with Crippen LogP contribution >= 0.6 is 11.8 Å². The Morgan fingerprint density at radius 3 is 1.97 bits per heavy atom. The van der Waals surface area contributed by atoms with Gasteiger partial charge in [0.05, 0.1) is 4.92 Å². The minimum absolute atomic E-state index is 0.0660. The highest BCUT2D eigenvalue weighted by atomic mass is 32.2. The molecule has 4 aromatic rings. The summed E-state index contributed by atoms with van der Waals surface area (Å²) in [5.74, 6) is 0. The predicted octanol–water partition coefficient (Wildman–Crippen LogP) is 6.54. The van der Waals surface area contributed by atoms with Crippen LogP contribution in [0.15, 0.2) is 101 Å². The normalized spacial score (nSPS) is 10.5. The van der Waals surface area contributed by atoms with Gasteiger partial charge in [0.15, 0.2) is 0 Å². The van der Waals surface area contributed by atoms with Crippen LogP contribution in [0.1, 0.15) is 0 Å². The number of urea groups is 1. The molecule has 2 N–H and O–H groups in total. The van der Waals surface area contributed by atoms with Crippen LogP contribution in [0.25, 0.3) is 10.8 Å². The first-order chi connectivity index (χ1) is 14.6. The summed E-state index contributed by atoms with van der Waals surface area (Å²) in [6.45, 7) is 0. The number of hydrogen-bond acceptors (Lipinski definition) is 4. The summed E-state index contributed by atoms with van der Waals surface area (Å²) in [6, 6.07) is 27.2. The summed E-state index contributed by atoms with van der Waals surface area (Å²) in [5.41, 5.74) is 1.45. The van der Waals surface area contributed by atoms with E-state index in [1.807, 2.05) is 66.7 Å². The molecule has 0 atom stereocenters. The molecule has 0 aliphatic carbocycles. The molecule has 0 aliphatic rings. The van der Waals surface area contributed by atoms with E-state index >= 15 is 0 Å². The van der Waals surface area contributed by atoms with Crippen molar-refractivity contribution < 1.29 is 9.72 Å². The third-order valence-corrected chi connectivity index (χ3v) is 5.42. The monoisotopic (exact) mass is 415 g/mol. The van der Waals surface area contributed by atoms with Crippen LogP contribution < -0.4 is 10.6 Å². The summed E-state index contributed by atoms with van der Waals surface area (Å²) in [5, 5.41) is 18.6. The molecule has 4 rings (SSSR count). The molecule has 0 spiro atoms. The van der Waals surface area contributed by atoms with Crippen LogP contribution in [0.3, 0.4) is 0 Å². The number of nitro benzene ring substituents is 1. The fourth-order valence-electron chi connectivity index (χ4n) is 2.94. The number of nitro groups is 1. The Balaban J connectivity index is 1.36. The van der Waals surface area contributed by atoms with Crippen molar-refractivity contribution in [3.63, 3.8) is 0 Å². The lowest BCUT2D eigenvalue weighted by atomic mass is 10.1. The van der Waals surface area contributed by atoms with E-state index in [4.69, 9.17) is 0 Å². The number of amides is 2. The van der Waals surface area contributed by atoms with Crippen LogP contribution in [-0.2, 0) is 0 Å². The minimum atomic E-state index is -0.419. The number of nitrogens with zero attached hydrogens (tertiary/aromatic N) is 1. The highest BCUT2D eigenvalue weighted by molar-refractivity contribution is 7.99. The molecule has 0 heterocycles. The Bertz CT molecular complexity index is 1210. The largest absolute Gasteiger partial charge is 0.323 e. The molecule has 30 heavy (non-hydrogen) atoms. The number of benzene rings is 4. The molecule has 0 bridgehead atoms. The first-order valence-electron chi connectivity index (χ1n) is 9.16. The van der Waals surface area contributed by atoms with Gasteiger partial charge in [-0.3, -0.25) is 10.1 Å². The van der Waals surface area contributed by atoms with Gasteiger partial charge in [0.2, 0.25) is 0 Å². The summed E-state index contributed by atoms with van der Waals surface area (Å²) < 4.78 is 0. The zero-order chi connectivity index (χ0) is 20.9. The SMILES string of the molecule is O=C(Nc1ccc(Sc2ccc([N+](=O)[O-])cc2)cc1)Nc1ccc2ccccc2c1. The topological polar surface area (TPSA) is 84.3 Å². The zero-order valence-electron chi connectivity index (χ0n) is 15.7. The first kappa shape index (κ1) is 19.5. The van der Waals surface area contributed by atoms with Crippen molar-refractivity contribution in [1.82, 2.24) is 0 Å². The number of carbonyl (C=O) groups excluding carboxylic acids is 1. The van der Waals surface area contributed by atoms with Gasteiger partial charge < -0.3 is 10.6 Å². The molecule has 2 amide bonds. The van der Waals surface area contributed by atoms with Gasteiger partial charge >= 0.3 is 6.03 Å². The van der Waals surface area contributed by atoms with Crippen LogP contribution in [0, 0.1) is 10.1 Å². The van der Waals surface area contributed by atoms with Crippen LogP contribution in [0.4, 0.5) is 21.9 Å². The maximum absolute atomic E-state index is 12.3. The Labute approximate surface area is 177 Å². The minimum Gasteiger partial charge on any atom is -0.308 e. The van der Waals surface area contributed by atoms with E-state index in [9.17, 15) is 14.9 Å². The fraction of sp³-hybridized carbons (Fsp3) is 0.